The summed E-state index contributed by atoms with van der Waals surface area (Å²) in [4.78, 5) is 19.2. The number of rotatable bonds is 2. The number of pyridine rings is 2. The maximum absolute atomic E-state index is 11.2. The lowest BCUT2D eigenvalue weighted by molar-refractivity contribution is 0.0693. The highest BCUT2D eigenvalue weighted by Crippen LogP contribution is 2.31. The van der Waals surface area contributed by atoms with Gasteiger partial charge in [0.15, 0.2) is 11.3 Å². The van der Waals surface area contributed by atoms with Crippen LogP contribution in [0.3, 0.4) is 0 Å². The number of fused-ring (bicyclic) bond motifs is 3. The molecule has 0 atom stereocenters. The van der Waals surface area contributed by atoms with Gasteiger partial charge in [0.2, 0.25) is 0 Å². The summed E-state index contributed by atoms with van der Waals surface area (Å²) < 4.78 is 10.3. The van der Waals surface area contributed by atoms with E-state index in [0.717, 1.165) is 0 Å². The minimum absolute atomic E-state index is 0.0472. The molecule has 0 saturated carbocycles. The molecule has 3 rings (SSSR count). The van der Waals surface area contributed by atoms with E-state index in [4.69, 9.17) is 14.3 Å². The second-order valence-electron chi connectivity index (χ2n) is 3.66. The van der Waals surface area contributed by atoms with Crippen molar-refractivity contribution >= 4 is 27.8 Å². The Balaban J connectivity index is 2.50. The zero-order valence-electron chi connectivity index (χ0n) is 9.38. The van der Waals surface area contributed by atoms with Crippen LogP contribution in [-0.4, -0.2) is 28.2 Å². The smallest absolute Gasteiger partial charge is 0.355 e. The molecule has 0 fully saturated rings. The summed E-state index contributed by atoms with van der Waals surface area (Å²) >= 11 is 0. The fourth-order valence-electron chi connectivity index (χ4n) is 1.89. The predicted octanol–water partition coefficient (Wildman–Crippen LogP) is 2.08. The van der Waals surface area contributed by atoms with Gasteiger partial charge >= 0.3 is 5.97 Å². The Labute approximate surface area is 101 Å². The van der Waals surface area contributed by atoms with Crippen LogP contribution in [0.2, 0.25) is 0 Å². The summed E-state index contributed by atoms with van der Waals surface area (Å²) in [6, 6.07) is 3.29. The average molecular weight is 244 g/mol. The van der Waals surface area contributed by atoms with Gasteiger partial charge in [-0.1, -0.05) is 0 Å². The number of hydrogen-bond acceptors (Lipinski definition) is 5. The summed E-state index contributed by atoms with van der Waals surface area (Å²) in [6.45, 7) is 0. The zero-order valence-corrected chi connectivity index (χ0v) is 9.38. The third kappa shape index (κ3) is 1.39. The van der Waals surface area contributed by atoms with E-state index >= 15 is 0 Å². The Bertz CT molecular complexity index is 763. The highest BCUT2D eigenvalue weighted by atomic mass is 16.6. The van der Waals surface area contributed by atoms with E-state index in [9.17, 15) is 4.79 Å². The lowest BCUT2D eigenvalue weighted by Crippen LogP contribution is -2.01. The van der Waals surface area contributed by atoms with Crippen LogP contribution in [0.1, 0.15) is 10.5 Å². The highest BCUT2D eigenvalue weighted by molar-refractivity contribution is 6.12. The molecule has 6 nitrogen and oxygen atoms in total. The minimum Gasteiger partial charge on any atom is -0.476 e. The van der Waals surface area contributed by atoms with Crippen LogP contribution in [0.25, 0.3) is 21.9 Å². The maximum Gasteiger partial charge on any atom is 0.355 e. The highest BCUT2D eigenvalue weighted by Gasteiger charge is 2.16. The average Bonchev–Trinajstić information content (AvgIpc) is 2.81. The number of nitrogens with zero attached hydrogens (tertiary/aromatic N) is 2. The molecule has 0 aromatic carbocycles. The molecule has 0 radical (unpaired) electrons. The van der Waals surface area contributed by atoms with Gasteiger partial charge in [-0.2, -0.15) is 0 Å². The van der Waals surface area contributed by atoms with Crippen molar-refractivity contribution in [3.05, 3.63) is 30.2 Å². The van der Waals surface area contributed by atoms with E-state index in [1.54, 1.807) is 12.1 Å². The van der Waals surface area contributed by atoms with Gasteiger partial charge in [-0.15, -0.1) is 0 Å². The van der Waals surface area contributed by atoms with Crippen molar-refractivity contribution in [1.29, 1.82) is 0 Å². The Hall–Kier alpha value is -2.63. The van der Waals surface area contributed by atoms with Crippen molar-refractivity contribution in [2.45, 2.75) is 0 Å². The van der Waals surface area contributed by atoms with Crippen LogP contribution in [0.4, 0.5) is 0 Å². The topological polar surface area (TPSA) is 85.5 Å². The first-order valence-electron chi connectivity index (χ1n) is 5.15. The van der Waals surface area contributed by atoms with Gasteiger partial charge in [0.05, 0.1) is 18.8 Å². The van der Waals surface area contributed by atoms with E-state index in [1.807, 2.05) is 0 Å². The molecule has 90 valence electrons. The fourth-order valence-corrected chi connectivity index (χ4v) is 1.89. The minimum atomic E-state index is -1.10. The van der Waals surface area contributed by atoms with Crippen LogP contribution in [0.15, 0.2) is 28.9 Å². The fraction of sp³-hybridized carbons (Fsp3) is 0.0833. The molecule has 0 aliphatic carbocycles. The molecular weight excluding hydrogens is 236 g/mol. The predicted molar refractivity (Wildman–Crippen MR) is 62.8 cm³/mol. The lowest BCUT2D eigenvalue weighted by Gasteiger charge is -2.00. The summed E-state index contributed by atoms with van der Waals surface area (Å²) in [5.74, 6) is -0.797. The van der Waals surface area contributed by atoms with Gasteiger partial charge < -0.3 is 14.3 Å². The molecule has 0 unspecified atom stereocenters. The van der Waals surface area contributed by atoms with Crippen LogP contribution >= 0.6 is 0 Å². The monoisotopic (exact) mass is 244 g/mol. The molecule has 3 heterocycles. The number of carbonyl (C=O) groups is 1. The molecule has 3 aromatic heterocycles. The maximum atomic E-state index is 11.2. The van der Waals surface area contributed by atoms with Crippen LogP contribution in [0, 0.1) is 0 Å². The van der Waals surface area contributed by atoms with Crippen molar-refractivity contribution < 1.29 is 19.1 Å². The lowest BCUT2D eigenvalue weighted by atomic mass is 10.1. The molecule has 0 amide bonds. The summed E-state index contributed by atoms with van der Waals surface area (Å²) in [5.41, 5.74) is 0.974. The standard InChI is InChI=1S/C12H8N2O4/c1-17-9-4-6-8(18-9)5-14-7-2-3-13-11(10(6)7)12(15)16/h2-5H,1H3,(H,15,16). The van der Waals surface area contributed by atoms with Crippen molar-refractivity contribution in [3.8, 4) is 5.95 Å². The van der Waals surface area contributed by atoms with Crippen LogP contribution in [-0.2, 0) is 0 Å². The summed E-state index contributed by atoms with van der Waals surface area (Å²) in [7, 11) is 1.48. The number of hydrogen-bond donors (Lipinski definition) is 1. The molecule has 3 aromatic rings. The third-order valence-electron chi connectivity index (χ3n) is 2.66. The largest absolute Gasteiger partial charge is 0.476 e. The SMILES string of the molecule is COc1cc2c(cnc3ccnc(C(=O)O)c32)o1. The van der Waals surface area contributed by atoms with Gasteiger partial charge in [0.1, 0.15) is 0 Å². The number of aromatic nitrogens is 2. The quantitative estimate of drug-likeness (QED) is 0.742. The van der Waals surface area contributed by atoms with Gasteiger partial charge in [-0.05, 0) is 6.07 Å². The van der Waals surface area contributed by atoms with E-state index in [2.05, 4.69) is 9.97 Å². The Morgan fingerprint density at radius 3 is 3.00 bits per heavy atom. The van der Waals surface area contributed by atoms with E-state index in [1.165, 1.54) is 19.5 Å². The van der Waals surface area contributed by atoms with E-state index in [0.29, 0.717) is 27.8 Å². The van der Waals surface area contributed by atoms with Gasteiger partial charge in [-0.3, -0.25) is 4.98 Å². The van der Waals surface area contributed by atoms with E-state index < -0.39 is 5.97 Å². The van der Waals surface area contributed by atoms with Crippen LogP contribution in [0.5, 0.6) is 5.95 Å². The molecule has 0 aliphatic rings. The van der Waals surface area contributed by atoms with Crippen molar-refractivity contribution in [2.24, 2.45) is 0 Å². The third-order valence-corrected chi connectivity index (χ3v) is 2.66. The zero-order chi connectivity index (χ0) is 12.7. The Kier molecular flexibility index (Phi) is 2.16. The molecule has 6 heteroatoms. The van der Waals surface area contributed by atoms with Crippen molar-refractivity contribution in [1.82, 2.24) is 9.97 Å². The summed E-state index contributed by atoms with van der Waals surface area (Å²) in [5, 5.41) is 10.2. The molecule has 0 saturated heterocycles. The molecule has 18 heavy (non-hydrogen) atoms. The number of methoxy groups -OCH3 is 1. The molecule has 0 spiro atoms. The van der Waals surface area contributed by atoms with E-state index in [-0.39, 0.29) is 5.69 Å². The Morgan fingerprint density at radius 2 is 2.28 bits per heavy atom. The number of furan rings is 1. The first-order valence-corrected chi connectivity index (χ1v) is 5.15. The molecule has 1 N–H and O–H groups in total. The first kappa shape index (κ1) is 10.5. The molecular formula is C12H8N2O4. The normalized spacial score (nSPS) is 10.9. The summed E-state index contributed by atoms with van der Waals surface area (Å²) in [6.07, 6.45) is 2.95. The second-order valence-corrected chi connectivity index (χ2v) is 3.66. The number of ether oxygens (including phenoxy) is 1. The Morgan fingerprint density at radius 1 is 1.44 bits per heavy atom. The van der Waals surface area contributed by atoms with Gasteiger partial charge in [-0.25, -0.2) is 9.78 Å². The van der Waals surface area contributed by atoms with Gasteiger partial charge in [0.25, 0.3) is 5.95 Å². The second kappa shape index (κ2) is 3.69. The van der Waals surface area contributed by atoms with Crippen molar-refractivity contribution in [2.75, 3.05) is 7.11 Å². The number of carboxylic acid groups (broad SMARTS) is 1. The first-order chi connectivity index (χ1) is 8.70. The molecule has 0 bridgehead atoms. The number of carboxylic acids is 1. The van der Waals surface area contributed by atoms with Gasteiger partial charge in [0, 0.05) is 23.0 Å². The molecule has 0 aliphatic heterocycles. The van der Waals surface area contributed by atoms with Crippen molar-refractivity contribution in [3.63, 3.8) is 0 Å². The van der Waals surface area contributed by atoms with Crippen LogP contribution < -0.4 is 4.74 Å². The number of aromatic carboxylic acids is 1.